The van der Waals surface area contributed by atoms with E-state index in [0.29, 0.717) is 5.02 Å². The van der Waals surface area contributed by atoms with E-state index in [1.54, 1.807) is 0 Å². The molecular weight excluding hydrogens is 248 g/mol. The summed E-state index contributed by atoms with van der Waals surface area (Å²) < 4.78 is 0. The Kier molecular flexibility index (Phi) is 3.32. The van der Waals surface area contributed by atoms with Gasteiger partial charge in [0.1, 0.15) is 0 Å². The molecule has 18 heavy (non-hydrogen) atoms. The van der Waals surface area contributed by atoms with Crippen LogP contribution >= 0.6 is 11.6 Å². The fourth-order valence-corrected chi connectivity index (χ4v) is 2.33. The molecule has 1 aliphatic heterocycles. The van der Waals surface area contributed by atoms with Crippen molar-refractivity contribution in [3.8, 4) is 0 Å². The topological polar surface area (TPSA) is 40.2 Å². The lowest BCUT2D eigenvalue weighted by atomic mass is 10.2. The molecule has 1 aliphatic rings. The van der Waals surface area contributed by atoms with E-state index in [-0.39, 0.29) is 0 Å². The Labute approximate surface area is 111 Å². The van der Waals surface area contributed by atoms with Crippen molar-refractivity contribution < 1.29 is 0 Å². The van der Waals surface area contributed by atoms with Crippen molar-refractivity contribution >= 4 is 28.2 Å². The van der Waals surface area contributed by atoms with Gasteiger partial charge in [0.05, 0.1) is 11.2 Å². The minimum atomic E-state index is 0.717. The van der Waals surface area contributed by atoms with Crippen LogP contribution in [0.4, 0.5) is 5.69 Å². The molecule has 0 atom stereocenters. The number of hydrogen-bond acceptors (Lipinski definition) is 4. The summed E-state index contributed by atoms with van der Waals surface area (Å²) in [5.41, 5.74) is 5.45. The Morgan fingerprint density at radius 1 is 1.22 bits per heavy atom. The molecule has 3 rings (SSSR count). The third kappa shape index (κ3) is 2.41. The van der Waals surface area contributed by atoms with Crippen LogP contribution in [-0.4, -0.2) is 36.2 Å². The molecular formula is C13H15ClN4. The molecule has 0 spiro atoms. The minimum absolute atomic E-state index is 0.717. The normalized spacial score (nSPS) is 16.9. The predicted octanol–water partition coefficient (Wildman–Crippen LogP) is 2.12. The van der Waals surface area contributed by atoms with Gasteiger partial charge in [-0.25, -0.2) is 5.01 Å². The fourth-order valence-electron chi connectivity index (χ4n) is 2.17. The number of piperazine rings is 1. The van der Waals surface area contributed by atoms with Crippen LogP contribution in [-0.2, 0) is 0 Å². The molecule has 5 heteroatoms. The number of rotatable bonds is 2. The first-order valence-corrected chi connectivity index (χ1v) is 6.47. The van der Waals surface area contributed by atoms with Gasteiger partial charge in [0.2, 0.25) is 0 Å². The molecule has 0 unspecified atom stereocenters. The van der Waals surface area contributed by atoms with E-state index >= 15 is 0 Å². The average Bonchev–Trinajstić information content (AvgIpc) is 2.40. The number of nitrogens with one attached hydrogen (secondary N) is 2. The summed E-state index contributed by atoms with van der Waals surface area (Å²) >= 11 is 5.98. The second-order valence-corrected chi connectivity index (χ2v) is 4.81. The highest BCUT2D eigenvalue weighted by molar-refractivity contribution is 6.31. The highest BCUT2D eigenvalue weighted by Gasteiger charge is 2.10. The van der Waals surface area contributed by atoms with Gasteiger partial charge in [0, 0.05) is 42.8 Å². The van der Waals surface area contributed by atoms with Crippen molar-refractivity contribution in [2.24, 2.45) is 0 Å². The zero-order chi connectivity index (χ0) is 12.4. The molecule has 2 N–H and O–H groups in total. The van der Waals surface area contributed by atoms with Gasteiger partial charge in [0.25, 0.3) is 0 Å². The van der Waals surface area contributed by atoms with Gasteiger partial charge in [-0.3, -0.25) is 4.98 Å². The number of hydrazine groups is 1. The summed E-state index contributed by atoms with van der Waals surface area (Å²) in [5, 5.41) is 7.37. The van der Waals surface area contributed by atoms with E-state index in [9.17, 15) is 0 Å². The molecule has 0 amide bonds. The van der Waals surface area contributed by atoms with Crippen LogP contribution in [0.1, 0.15) is 0 Å². The zero-order valence-electron chi connectivity index (χ0n) is 9.99. The first kappa shape index (κ1) is 11.7. The average molecular weight is 263 g/mol. The van der Waals surface area contributed by atoms with Gasteiger partial charge in [0.15, 0.2) is 0 Å². The Balaban J connectivity index is 1.91. The molecule has 0 radical (unpaired) electrons. The van der Waals surface area contributed by atoms with Gasteiger partial charge in [-0.15, -0.1) is 0 Å². The summed E-state index contributed by atoms with van der Waals surface area (Å²) in [4.78, 5) is 4.34. The van der Waals surface area contributed by atoms with Crippen molar-refractivity contribution in [1.29, 1.82) is 0 Å². The molecule has 94 valence electrons. The Bertz CT molecular complexity index is 552. The van der Waals surface area contributed by atoms with E-state index in [4.69, 9.17) is 11.6 Å². The maximum absolute atomic E-state index is 5.98. The molecule has 1 aromatic heterocycles. The molecule has 1 fully saturated rings. The molecule has 1 saturated heterocycles. The van der Waals surface area contributed by atoms with Crippen LogP contribution < -0.4 is 10.7 Å². The lowest BCUT2D eigenvalue weighted by molar-refractivity contribution is 0.287. The predicted molar refractivity (Wildman–Crippen MR) is 74.8 cm³/mol. The number of anilines is 1. The monoisotopic (exact) mass is 262 g/mol. The Morgan fingerprint density at radius 2 is 2.06 bits per heavy atom. The van der Waals surface area contributed by atoms with Crippen LogP contribution in [0.3, 0.4) is 0 Å². The van der Waals surface area contributed by atoms with Crippen molar-refractivity contribution in [3.05, 3.63) is 35.5 Å². The van der Waals surface area contributed by atoms with Gasteiger partial charge in [-0.05, 0) is 24.3 Å². The maximum Gasteiger partial charge on any atom is 0.0738 e. The van der Waals surface area contributed by atoms with Crippen LogP contribution in [0.2, 0.25) is 5.02 Å². The molecule has 0 bridgehead atoms. The molecule has 1 aromatic carbocycles. The van der Waals surface area contributed by atoms with Crippen molar-refractivity contribution in [2.45, 2.75) is 0 Å². The highest BCUT2D eigenvalue weighted by Crippen LogP contribution is 2.24. The van der Waals surface area contributed by atoms with Gasteiger partial charge >= 0.3 is 0 Å². The standard InChI is InChI=1S/C13H15ClN4/c14-10-1-2-11-12(3-4-16-13(11)9-10)17-18-7-5-15-6-8-18/h1-4,9,15H,5-8H2,(H,16,17). The number of halogens is 1. The number of pyridine rings is 1. The third-order valence-corrected chi connectivity index (χ3v) is 3.34. The second kappa shape index (κ2) is 5.10. The maximum atomic E-state index is 5.98. The first-order valence-electron chi connectivity index (χ1n) is 6.09. The number of aromatic nitrogens is 1. The number of benzene rings is 1. The Hall–Kier alpha value is -1.36. The minimum Gasteiger partial charge on any atom is -0.318 e. The summed E-state index contributed by atoms with van der Waals surface area (Å²) in [6.07, 6.45) is 1.81. The largest absolute Gasteiger partial charge is 0.318 e. The van der Waals surface area contributed by atoms with Crippen molar-refractivity contribution in [2.75, 3.05) is 31.6 Å². The smallest absolute Gasteiger partial charge is 0.0738 e. The Morgan fingerprint density at radius 3 is 2.89 bits per heavy atom. The number of nitrogens with zero attached hydrogens (tertiary/aromatic N) is 2. The zero-order valence-corrected chi connectivity index (χ0v) is 10.7. The van der Waals surface area contributed by atoms with E-state index in [2.05, 4.69) is 20.7 Å². The summed E-state index contributed by atoms with van der Waals surface area (Å²) in [6, 6.07) is 7.79. The van der Waals surface area contributed by atoms with Crippen LogP contribution in [0, 0.1) is 0 Å². The van der Waals surface area contributed by atoms with E-state index in [1.807, 2.05) is 30.5 Å². The molecule has 2 aromatic rings. The van der Waals surface area contributed by atoms with Crippen molar-refractivity contribution in [3.63, 3.8) is 0 Å². The van der Waals surface area contributed by atoms with E-state index in [0.717, 1.165) is 42.8 Å². The lowest BCUT2D eigenvalue weighted by Gasteiger charge is -2.28. The van der Waals surface area contributed by atoms with Gasteiger partial charge in [-0.1, -0.05) is 11.6 Å². The quantitative estimate of drug-likeness (QED) is 0.870. The number of fused-ring (bicyclic) bond motifs is 1. The lowest BCUT2D eigenvalue weighted by Crippen LogP contribution is -2.46. The molecule has 0 saturated carbocycles. The van der Waals surface area contributed by atoms with Gasteiger partial charge in [-0.2, -0.15) is 0 Å². The van der Waals surface area contributed by atoms with Crippen LogP contribution in [0.25, 0.3) is 10.9 Å². The van der Waals surface area contributed by atoms with Gasteiger partial charge < -0.3 is 10.7 Å². The van der Waals surface area contributed by atoms with E-state index < -0.39 is 0 Å². The first-order chi connectivity index (χ1) is 8.83. The summed E-state index contributed by atoms with van der Waals surface area (Å²) in [7, 11) is 0. The fraction of sp³-hybridized carbons (Fsp3) is 0.308. The molecule has 0 aliphatic carbocycles. The highest BCUT2D eigenvalue weighted by atomic mass is 35.5. The third-order valence-electron chi connectivity index (χ3n) is 3.10. The van der Waals surface area contributed by atoms with Crippen LogP contribution in [0.5, 0.6) is 0 Å². The summed E-state index contributed by atoms with van der Waals surface area (Å²) in [5.74, 6) is 0. The second-order valence-electron chi connectivity index (χ2n) is 4.37. The van der Waals surface area contributed by atoms with Crippen molar-refractivity contribution in [1.82, 2.24) is 15.3 Å². The van der Waals surface area contributed by atoms with Crippen LogP contribution in [0.15, 0.2) is 30.5 Å². The number of hydrogen-bond donors (Lipinski definition) is 2. The molecule has 2 heterocycles. The molecule has 4 nitrogen and oxygen atoms in total. The summed E-state index contributed by atoms with van der Waals surface area (Å²) in [6.45, 7) is 4.03. The SMILES string of the molecule is Clc1ccc2c(NN3CCNCC3)ccnc2c1. The van der Waals surface area contributed by atoms with E-state index in [1.165, 1.54) is 0 Å².